The summed E-state index contributed by atoms with van der Waals surface area (Å²) in [6.45, 7) is 6.85. The van der Waals surface area contributed by atoms with Gasteiger partial charge >= 0.3 is 5.97 Å². The largest absolute Gasteiger partial charge is 0.481 e. The molecule has 3 heteroatoms. The van der Waals surface area contributed by atoms with E-state index in [1.807, 2.05) is 24.3 Å². The Morgan fingerprint density at radius 1 is 1.50 bits per heavy atom. The number of hydrogen-bond donors (Lipinski definition) is 2. The lowest BCUT2D eigenvalue weighted by Gasteiger charge is -2.08. The lowest BCUT2D eigenvalue weighted by molar-refractivity contribution is -0.138. The Balaban J connectivity index is 2.60. The molecule has 1 aromatic carbocycles. The van der Waals surface area contributed by atoms with Crippen LogP contribution in [0.4, 0.5) is 0 Å². The van der Waals surface area contributed by atoms with Crippen LogP contribution < -0.4 is 5.32 Å². The number of nitrogens with one attached hydrogen (secondary N) is 1. The summed E-state index contributed by atoms with van der Waals surface area (Å²) in [6.07, 6.45) is 1.81. The third-order valence-electron chi connectivity index (χ3n) is 2.47. The predicted molar refractivity (Wildman–Crippen MR) is 64.4 cm³/mol. The SMILES string of the molecule is C=CCNCc1ccc(C(C)C(=O)O)cc1. The van der Waals surface area contributed by atoms with Gasteiger partial charge in [-0.15, -0.1) is 6.58 Å². The zero-order valence-electron chi connectivity index (χ0n) is 9.44. The first-order valence-corrected chi connectivity index (χ1v) is 5.28. The summed E-state index contributed by atoms with van der Waals surface area (Å²) in [5.41, 5.74) is 1.98. The zero-order chi connectivity index (χ0) is 12.0. The van der Waals surface area contributed by atoms with Gasteiger partial charge in [0.2, 0.25) is 0 Å². The molecular formula is C13H17NO2. The summed E-state index contributed by atoms with van der Waals surface area (Å²) in [6, 6.07) is 7.63. The van der Waals surface area contributed by atoms with Gasteiger partial charge in [0.05, 0.1) is 5.92 Å². The molecule has 3 nitrogen and oxygen atoms in total. The average molecular weight is 219 g/mol. The number of carboxylic acids is 1. The van der Waals surface area contributed by atoms with E-state index in [9.17, 15) is 4.79 Å². The van der Waals surface area contributed by atoms with Crippen molar-refractivity contribution in [2.45, 2.75) is 19.4 Å². The fraction of sp³-hybridized carbons (Fsp3) is 0.308. The Morgan fingerprint density at radius 3 is 2.62 bits per heavy atom. The molecule has 0 saturated carbocycles. The maximum Gasteiger partial charge on any atom is 0.310 e. The predicted octanol–water partition coefficient (Wildman–Crippen LogP) is 2.15. The summed E-state index contributed by atoms with van der Waals surface area (Å²) in [5.74, 6) is -1.24. The van der Waals surface area contributed by atoms with Gasteiger partial charge in [-0.1, -0.05) is 30.3 Å². The van der Waals surface area contributed by atoms with E-state index >= 15 is 0 Å². The summed E-state index contributed by atoms with van der Waals surface area (Å²) in [5, 5.41) is 12.0. The van der Waals surface area contributed by atoms with Crippen molar-refractivity contribution in [1.82, 2.24) is 5.32 Å². The summed E-state index contributed by atoms with van der Waals surface area (Å²) in [4.78, 5) is 10.8. The molecule has 1 rings (SSSR count). The first kappa shape index (κ1) is 12.5. The summed E-state index contributed by atoms with van der Waals surface area (Å²) in [7, 11) is 0. The van der Waals surface area contributed by atoms with Gasteiger partial charge in [-0.05, 0) is 18.1 Å². The van der Waals surface area contributed by atoms with Crippen LogP contribution in [0.5, 0.6) is 0 Å². The van der Waals surface area contributed by atoms with E-state index in [1.54, 1.807) is 13.0 Å². The third-order valence-corrected chi connectivity index (χ3v) is 2.47. The van der Waals surface area contributed by atoms with E-state index in [1.165, 1.54) is 0 Å². The van der Waals surface area contributed by atoms with Crippen LogP contribution in [-0.4, -0.2) is 17.6 Å². The number of rotatable bonds is 6. The minimum Gasteiger partial charge on any atom is -0.481 e. The highest BCUT2D eigenvalue weighted by molar-refractivity contribution is 5.75. The highest BCUT2D eigenvalue weighted by Crippen LogP contribution is 2.15. The van der Waals surface area contributed by atoms with Crippen LogP contribution in [0.2, 0.25) is 0 Å². The Hall–Kier alpha value is -1.61. The molecular weight excluding hydrogens is 202 g/mol. The lowest BCUT2D eigenvalue weighted by atomic mass is 10.0. The quantitative estimate of drug-likeness (QED) is 0.569. The molecule has 0 aliphatic heterocycles. The van der Waals surface area contributed by atoms with Crippen molar-refractivity contribution in [2.75, 3.05) is 6.54 Å². The van der Waals surface area contributed by atoms with Crippen molar-refractivity contribution in [2.24, 2.45) is 0 Å². The fourth-order valence-electron chi connectivity index (χ4n) is 1.39. The van der Waals surface area contributed by atoms with E-state index in [4.69, 9.17) is 5.11 Å². The van der Waals surface area contributed by atoms with E-state index in [-0.39, 0.29) is 0 Å². The van der Waals surface area contributed by atoms with Gasteiger partial charge in [0.15, 0.2) is 0 Å². The zero-order valence-corrected chi connectivity index (χ0v) is 9.44. The third kappa shape index (κ3) is 3.51. The van der Waals surface area contributed by atoms with Crippen molar-refractivity contribution in [3.05, 3.63) is 48.0 Å². The second kappa shape index (κ2) is 6.08. The minimum atomic E-state index is -0.794. The van der Waals surface area contributed by atoms with Crippen LogP contribution in [0.15, 0.2) is 36.9 Å². The van der Waals surface area contributed by atoms with Crippen molar-refractivity contribution in [3.63, 3.8) is 0 Å². The Morgan fingerprint density at radius 2 is 2.12 bits per heavy atom. The molecule has 1 unspecified atom stereocenters. The van der Waals surface area contributed by atoms with Gasteiger partial charge in [0.25, 0.3) is 0 Å². The highest BCUT2D eigenvalue weighted by atomic mass is 16.4. The van der Waals surface area contributed by atoms with Crippen LogP contribution >= 0.6 is 0 Å². The molecule has 0 bridgehead atoms. The van der Waals surface area contributed by atoms with Gasteiger partial charge in [0, 0.05) is 13.1 Å². The van der Waals surface area contributed by atoms with Crippen LogP contribution in [0.1, 0.15) is 24.0 Å². The van der Waals surface area contributed by atoms with Gasteiger partial charge in [-0.3, -0.25) is 4.79 Å². The molecule has 1 atom stereocenters. The molecule has 16 heavy (non-hydrogen) atoms. The van der Waals surface area contributed by atoms with Crippen molar-refractivity contribution in [3.8, 4) is 0 Å². The van der Waals surface area contributed by atoms with Crippen molar-refractivity contribution >= 4 is 5.97 Å². The van der Waals surface area contributed by atoms with E-state index < -0.39 is 11.9 Å². The van der Waals surface area contributed by atoms with E-state index in [0.717, 1.165) is 24.2 Å². The molecule has 86 valence electrons. The summed E-state index contributed by atoms with van der Waals surface area (Å²) < 4.78 is 0. The van der Waals surface area contributed by atoms with Gasteiger partial charge in [-0.25, -0.2) is 0 Å². The average Bonchev–Trinajstić information content (AvgIpc) is 2.29. The van der Waals surface area contributed by atoms with Crippen molar-refractivity contribution in [1.29, 1.82) is 0 Å². The number of carbonyl (C=O) groups is 1. The standard InChI is InChI=1S/C13H17NO2/c1-3-8-14-9-11-4-6-12(7-5-11)10(2)13(15)16/h3-7,10,14H,1,8-9H2,2H3,(H,15,16). The maximum atomic E-state index is 10.8. The molecule has 0 aliphatic carbocycles. The molecule has 0 spiro atoms. The number of hydrogen-bond acceptors (Lipinski definition) is 2. The molecule has 0 fully saturated rings. The Kier molecular flexibility index (Phi) is 4.73. The molecule has 0 aromatic heterocycles. The maximum absolute atomic E-state index is 10.8. The second-order valence-corrected chi connectivity index (χ2v) is 3.72. The molecule has 0 heterocycles. The highest BCUT2D eigenvalue weighted by Gasteiger charge is 2.12. The normalized spacial score (nSPS) is 12.1. The number of carboxylic acid groups (broad SMARTS) is 1. The first-order chi connectivity index (χ1) is 7.65. The van der Waals surface area contributed by atoms with Crippen LogP contribution in [0.3, 0.4) is 0 Å². The fourth-order valence-corrected chi connectivity index (χ4v) is 1.39. The monoisotopic (exact) mass is 219 g/mol. The molecule has 0 aliphatic rings. The summed E-state index contributed by atoms with van der Waals surface area (Å²) >= 11 is 0. The van der Waals surface area contributed by atoms with E-state index in [2.05, 4.69) is 11.9 Å². The molecule has 0 radical (unpaired) electrons. The van der Waals surface area contributed by atoms with Gasteiger partial charge in [-0.2, -0.15) is 0 Å². The van der Waals surface area contributed by atoms with E-state index in [0.29, 0.717) is 0 Å². The smallest absolute Gasteiger partial charge is 0.310 e. The van der Waals surface area contributed by atoms with Gasteiger partial charge < -0.3 is 10.4 Å². The Bertz CT molecular complexity index is 357. The van der Waals surface area contributed by atoms with Crippen LogP contribution in [-0.2, 0) is 11.3 Å². The second-order valence-electron chi connectivity index (χ2n) is 3.72. The number of benzene rings is 1. The molecule has 0 amide bonds. The number of aliphatic carboxylic acids is 1. The molecule has 0 saturated heterocycles. The first-order valence-electron chi connectivity index (χ1n) is 5.28. The Labute approximate surface area is 95.8 Å². The van der Waals surface area contributed by atoms with Crippen LogP contribution in [0, 0.1) is 0 Å². The minimum absolute atomic E-state index is 0.449. The van der Waals surface area contributed by atoms with Gasteiger partial charge in [0.1, 0.15) is 0 Å². The lowest BCUT2D eigenvalue weighted by Crippen LogP contribution is -2.13. The van der Waals surface area contributed by atoms with Crippen LogP contribution in [0.25, 0.3) is 0 Å². The topological polar surface area (TPSA) is 49.3 Å². The van der Waals surface area contributed by atoms with Crippen molar-refractivity contribution < 1.29 is 9.90 Å². The molecule has 1 aromatic rings. The molecule has 2 N–H and O–H groups in total.